The zero-order valence-corrected chi connectivity index (χ0v) is 17.3. The van der Waals surface area contributed by atoms with Crippen LogP contribution in [0.3, 0.4) is 0 Å². The number of benzene rings is 1. The molecule has 2 heterocycles. The number of thiazole rings is 1. The molecule has 0 aliphatic heterocycles. The molecule has 1 aromatic carbocycles. The summed E-state index contributed by atoms with van der Waals surface area (Å²) in [7, 11) is 0. The third-order valence-electron chi connectivity index (χ3n) is 4.30. The first kappa shape index (κ1) is 19.8. The number of ether oxygens (including phenoxy) is 1. The molecule has 0 aliphatic carbocycles. The summed E-state index contributed by atoms with van der Waals surface area (Å²) in [5.74, 6) is -0.475. The molecule has 7 heteroatoms. The molecule has 0 N–H and O–H groups in total. The van der Waals surface area contributed by atoms with Crippen LogP contribution < -0.4 is 4.90 Å². The van der Waals surface area contributed by atoms with Crippen LogP contribution in [0.1, 0.15) is 45.4 Å². The Kier molecular flexibility index (Phi) is 5.65. The van der Waals surface area contributed by atoms with Gasteiger partial charge < -0.3 is 9.15 Å². The quantitative estimate of drug-likeness (QED) is 0.565. The van der Waals surface area contributed by atoms with E-state index in [4.69, 9.17) is 9.15 Å². The molecule has 2 aromatic heterocycles. The van der Waals surface area contributed by atoms with Crippen molar-refractivity contribution in [3.8, 4) is 0 Å². The summed E-state index contributed by atoms with van der Waals surface area (Å²) in [4.78, 5) is 30.6. The van der Waals surface area contributed by atoms with Gasteiger partial charge in [-0.2, -0.15) is 0 Å². The summed E-state index contributed by atoms with van der Waals surface area (Å²) in [6, 6.07) is 5.79. The zero-order valence-electron chi connectivity index (χ0n) is 16.5. The Labute approximate surface area is 167 Å². The normalized spacial score (nSPS) is 10.8. The lowest BCUT2D eigenvalue weighted by Crippen LogP contribution is -2.24. The van der Waals surface area contributed by atoms with Crippen molar-refractivity contribution in [2.75, 3.05) is 4.90 Å². The van der Waals surface area contributed by atoms with Crippen LogP contribution in [0.25, 0.3) is 0 Å². The van der Waals surface area contributed by atoms with Gasteiger partial charge in [-0.1, -0.05) is 17.7 Å². The van der Waals surface area contributed by atoms with Gasteiger partial charge in [-0.15, -0.1) is 11.3 Å². The van der Waals surface area contributed by atoms with Crippen molar-refractivity contribution >= 4 is 34.0 Å². The fraction of sp³-hybridized carbons (Fsp3) is 0.286. The lowest BCUT2D eigenvalue weighted by molar-refractivity contribution is -0.115. The molecule has 0 fully saturated rings. The van der Waals surface area contributed by atoms with Crippen molar-refractivity contribution in [2.24, 2.45) is 0 Å². The van der Waals surface area contributed by atoms with Gasteiger partial charge in [0.2, 0.25) is 11.7 Å². The minimum absolute atomic E-state index is 0.00702. The van der Waals surface area contributed by atoms with Crippen molar-refractivity contribution in [1.29, 1.82) is 0 Å². The van der Waals surface area contributed by atoms with Crippen molar-refractivity contribution in [3.63, 3.8) is 0 Å². The predicted octanol–water partition coefficient (Wildman–Crippen LogP) is 5.01. The molecule has 0 unspecified atom stereocenters. The van der Waals surface area contributed by atoms with Crippen LogP contribution in [0.5, 0.6) is 0 Å². The average Bonchev–Trinajstić information content (AvgIpc) is 3.24. The molecular weight excluding hydrogens is 376 g/mol. The maximum absolute atomic E-state index is 12.4. The van der Waals surface area contributed by atoms with Gasteiger partial charge in [0.25, 0.3) is 0 Å². The molecule has 28 heavy (non-hydrogen) atoms. The van der Waals surface area contributed by atoms with Crippen molar-refractivity contribution in [2.45, 2.75) is 41.2 Å². The number of hydrogen-bond donors (Lipinski definition) is 0. The number of esters is 1. The Bertz CT molecular complexity index is 1010. The molecule has 146 valence electrons. The molecule has 3 rings (SSSR count). The monoisotopic (exact) mass is 398 g/mol. The molecule has 0 saturated carbocycles. The smallest absolute Gasteiger partial charge is 0.374 e. The van der Waals surface area contributed by atoms with Gasteiger partial charge in [-0.25, -0.2) is 9.78 Å². The summed E-state index contributed by atoms with van der Waals surface area (Å²) >= 11 is 1.33. The molecular formula is C21H22N2O4S. The van der Waals surface area contributed by atoms with Crippen molar-refractivity contribution in [1.82, 2.24) is 4.98 Å². The van der Waals surface area contributed by atoms with Gasteiger partial charge in [0.1, 0.15) is 6.61 Å². The summed E-state index contributed by atoms with van der Waals surface area (Å²) in [5.41, 5.74) is 5.28. The molecule has 0 bridgehead atoms. The van der Waals surface area contributed by atoms with Crippen LogP contribution in [-0.2, 0) is 16.1 Å². The van der Waals surface area contributed by atoms with Gasteiger partial charge in [0, 0.05) is 17.9 Å². The third-order valence-corrected chi connectivity index (χ3v) is 5.18. The second kappa shape index (κ2) is 7.98. The Morgan fingerprint density at radius 3 is 2.39 bits per heavy atom. The number of nitrogens with zero attached hydrogens (tertiary/aromatic N) is 2. The van der Waals surface area contributed by atoms with Crippen LogP contribution >= 0.6 is 11.3 Å². The predicted molar refractivity (Wildman–Crippen MR) is 108 cm³/mol. The third kappa shape index (κ3) is 3.99. The van der Waals surface area contributed by atoms with E-state index < -0.39 is 5.97 Å². The van der Waals surface area contributed by atoms with Gasteiger partial charge in [0.15, 0.2) is 5.13 Å². The van der Waals surface area contributed by atoms with Gasteiger partial charge in [-0.05, 0) is 44.9 Å². The first-order valence-corrected chi connectivity index (χ1v) is 9.70. The first-order valence-electron chi connectivity index (χ1n) is 8.82. The van der Waals surface area contributed by atoms with Gasteiger partial charge >= 0.3 is 5.97 Å². The van der Waals surface area contributed by atoms with Crippen LogP contribution in [-0.4, -0.2) is 16.9 Å². The molecule has 0 aliphatic rings. The minimum Gasteiger partial charge on any atom is -0.457 e. The molecule has 0 spiro atoms. The Morgan fingerprint density at radius 2 is 1.82 bits per heavy atom. The standard InChI is InChI=1S/C21H22N2O4S/c1-12-8-14(3)18(15(4)9-12)23(16(5)24)21-22-17(11-28-21)10-27-20(25)19-13(2)6-7-26-19/h6-9,11H,10H2,1-5H3. The number of aryl methyl sites for hydroxylation is 4. The van der Waals surface area contributed by atoms with Crippen LogP contribution in [0.2, 0.25) is 0 Å². The summed E-state index contributed by atoms with van der Waals surface area (Å²) in [6.07, 6.45) is 1.45. The maximum Gasteiger partial charge on any atom is 0.374 e. The number of carbonyl (C=O) groups is 2. The highest BCUT2D eigenvalue weighted by Gasteiger charge is 2.22. The molecule has 0 saturated heterocycles. The summed E-state index contributed by atoms with van der Waals surface area (Å²) in [6.45, 7) is 9.28. The number of amides is 1. The number of aromatic nitrogens is 1. The topological polar surface area (TPSA) is 72.6 Å². The van der Waals surface area contributed by atoms with E-state index in [-0.39, 0.29) is 18.3 Å². The lowest BCUT2D eigenvalue weighted by atomic mass is 10.0. The van der Waals surface area contributed by atoms with Crippen molar-refractivity contribution < 1.29 is 18.7 Å². The van der Waals surface area contributed by atoms with E-state index in [1.54, 1.807) is 23.3 Å². The highest BCUT2D eigenvalue weighted by atomic mass is 32.1. The summed E-state index contributed by atoms with van der Waals surface area (Å²) in [5, 5.41) is 2.33. The van der Waals surface area contributed by atoms with E-state index in [1.807, 2.05) is 32.9 Å². The minimum atomic E-state index is -0.536. The van der Waals surface area contributed by atoms with Crippen LogP contribution in [0.15, 0.2) is 34.3 Å². The number of furan rings is 1. The molecule has 1 amide bonds. The molecule has 0 radical (unpaired) electrons. The fourth-order valence-corrected chi connectivity index (χ4v) is 4.02. The molecule has 6 nitrogen and oxygen atoms in total. The second-order valence-electron chi connectivity index (χ2n) is 6.73. The molecule has 0 atom stereocenters. The highest BCUT2D eigenvalue weighted by Crippen LogP contribution is 2.34. The summed E-state index contributed by atoms with van der Waals surface area (Å²) < 4.78 is 10.4. The van der Waals surface area contributed by atoms with E-state index in [0.29, 0.717) is 10.8 Å². The number of carbonyl (C=O) groups excluding carboxylic acids is 2. The van der Waals surface area contributed by atoms with E-state index in [1.165, 1.54) is 24.5 Å². The first-order chi connectivity index (χ1) is 13.3. The number of hydrogen-bond acceptors (Lipinski definition) is 6. The van der Waals surface area contributed by atoms with E-state index >= 15 is 0 Å². The van der Waals surface area contributed by atoms with E-state index in [9.17, 15) is 9.59 Å². The van der Waals surface area contributed by atoms with Crippen molar-refractivity contribution in [3.05, 3.63) is 63.6 Å². The second-order valence-corrected chi connectivity index (χ2v) is 7.57. The maximum atomic E-state index is 12.4. The van der Waals surface area contributed by atoms with Gasteiger partial charge in [0.05, 0.1) is 17.6 Å². The Morgan fingerprint density at radius 1 is 1.14 bits per heavy atom. The highest BCUT2D eigenvalue weighted by molar-refractivity contribution is 7.14. The van der Waals surface area contributed by atoms with E-state index in [2.05, 4.69) is 4.98 Å². The van der Waals surface area contributed by atoms with Crippen LogP contribution in [0.4, 0.5) is 10.8 Å². The zero-order chi connectivity index (χ0) is 20.4. The average molecular weight is 398 g/mol. The number of rotatable bonds is 5. The largest absolute Gasteiger partial charge is 0.457 e. The van der Waals surface area contributed by atoms with Crippen LogP contribution in [0, 0.1) is 27.7 Å². The lowest BCUT2D eigenvalue weighted by Gasteiger charge is -2.23. The van der Waals surface area contributed by atoms with E-state index in [0.717, 1.165) is 27.9 Å². The number of anilines is 2. The molecule has 3 aromatic rings. The Balaban J connectivity index is 1.82. The van der Waals surface area contributed by atoms with Gasteiger partial charge in [-0.3, -0.25) is 9.69 Å². The SMILES string of the molecule is CC(=O)N(c1nc(COC(=O)c2occc2C)cs1)c1c(C)cc(C)cc1C. The Hall–Kier alpha value is -2.93. The fourth-order valence-electron chi connectivity index (χ4n) is 3.17.